The predicted molar refractivity (Wildman–Crippen MR) is 70.8 cm³/mol. The summed E-state index contributed by atoms with van der Waals surface area (Å²) in [5.74, 6) is -0.0887. The number of hydrogen-bond donors (Lipinski definition) is 2. The van der Waals surface area contributed by atoms with Crippen molar-refractivity contribution in [2.75, 3.05) is 13.1 Å². The lowest BCUT2D eigenvalue weighted by Crippen LogP contribution is -2.46. The monoisotopic (exact) mass is 263 g/mol. The van der Waals surface area contributed by atoms with Gasteiger partial charge in [-0.1, -0.05) is 12.1 Å². The van der Waals surface area contributed by atoms with Gasteiger partial charge in [-0.15, -0.1) is 0 Å². The van der Waals surface area contributed by atoms with E-state index in [1.54, 1.807) is 12.1 Å². The van der Waals surface area contributed by atoms with Gasteiger partial charge in [0, 0.05) is 24.7 Å². The summed E-state index contributed by atoms with van der Waals surface area (Å²) in [5.41, 5.74) is 0.681. The van der Waals surface area contributed by atoms with E-state index < -0.39 is 4.92 Å². The van der Waals surface area contributed by atoms with Gasteiger partial charge in [0.25, 0.3) is 5.69 Å². The Labute approximate surface area is 111 Å². The van der Waals surface area contributed by atoms with Crippen LogP contribution < -0.4 is 10.6 Å². The van der Waals surface area contributed by atoms with Crippen molar-refractivity contribution < 1.29 is 9.72 Å². The van der Waals surface area contributed by atoms with Crippen LogP contribution in [0.25, 0.3) is 0 Å². The SMILES string of the molecule is O=C(Cc1cccc([N+](=O)[O-])c1)N[C@H]1CCCNC1. The molecule has 1 saturated heterocycles. The molecular weight excluding hydrogens is 246 g/mol. The summed E-state index contributed by atoms with van der Waals surface area (Å²) in [4.78, 5) is 22.1. The van der Waals surface area contributed by atoms with Gasteiger partial charge in [-0.05, 0) is 24.9 Å². The maximum Gasteiger partial charge on any atom is 0.269 e. The average molecular weight is 263 g/mol. The van der Waals surface area contributed by atoms with Crippen LogP contribution in [0.3, 0.4) is 0 Å². The molecule has 0 aromatic heterocycles. The molecular formula is C13H17N3O3. The molecule has 1 aliphatic heterocycles. The molecule has 6 heteroatoms. The Balaban J connectivity index is 1.90. The summed E-state index contributed by atoms with van der Waals surface area (Å²) in [6.07, 6.45) is 2.22. The summed E-state index contributed by atoms with van der Waals surface area (Å²) in [5, 5.41) is 16.8. The Bertz CT molecular complexity index is 470. The van der Waals surface area contributed by atoms with Gasteiger partial charge in [0.2, 0.25) is 5.91 Å². The normalized spacial score (nSPS) is 18.8. The minimum absolute atomic E-state index is 0.0182. The minimum atomic E-state index is -0.452. The molecule has 1 amide bonds. The zero-order valence-electron chi connectivity index (χ0n) is 10.6. The molecule has 2 N–H and O–H groups in total. The number of carbonyl (C=O) groups is 1. The molecule has 1 aromatic rings. The second-order valence-electron chi connectivity index (χ2n) is 4.71. The summed E-state index contributed by atoms with van der Waals surface area (Å²) < 4.78 is 0. The number of piperidine rings is 1. The van der Waals surface area contributed by atoms with E-state index in [0.29, 0.717) is 5.56 Å². The third-order valence-electron chi connectivity index (χ3n) is 3.15. The molecule has 0 spiro atoms. The maximum absolute atomic E-state index is 11.9. The van der Waals surface area contributed by atoms with E-state index in [0.717, 1.165) is 25.9 Å². The molecule has 1 heterocycles. The number of carbonyl (C=O) groups excluding carboxylic acids is 1. The van der Waals surface area contributed by atoms with Crippen molar-refractivity contribution in [3.05, 3.63) is 39.9 Å². The van der Waals surface area contributed by atoms with Gasteiger partial charge in [0.1, 0.15) is 0 Å². The summed E-state index contributed by atoms with van der Waals surface area (Å²) in [6.45, 7) is 1.79. The van der Waals surface area contributed by atoms with Gasteiger partial charge < -0.3 is 10.6 Å². The number of nitro benzene ring substituents is 1. The zero-order valence-corrected chi connectivity index (χ0v) is 10.6. The lowest BCUT2D eigenvalue weighted by Gasteiger charge is -2.23. The summed E-state index contributed by atoms with van der Waals surface area (Å²) >= 11 is 0. The Morgan fingerprint density at radius 2 is 2.37 bits per heavy atom. The molecule has 102 valence electrons. The van der Waals surface area contributed by atoms with Crippen LogP contribution >= 0.6 is 0 Å². The van der Waals surface area contributed by atoms with Crippen LogP contribution in [0.2, 0.25) is 0 Å². The van der Waals surface area contributed by atoms with Gasteiger partial charge >= 0.3 is 0 Å². The Hall–Kier alpha value is -1.95. The number of rotatable bonds is 4. The van der Waals surface area contributed by atoms with Crippen molar-refractivity contribution in [1.82, 2.24) is 10.6 Å². The van der Waals surface area contributed by atoms with Crippen molar-refractivity contribution in [2.24, 2.45) is 0 Å². The molecule has 1 aliphatic rings. The number of non-ortho nitro benzene ring substituents is 1. The number of benzene rings is 1. The first-order chi connectivity index (χ1) is 9.15. The van der Waals surface area contributed by atoms with E-state index in [4.69, 9.17) is 0 Å². The Morgan fingerprint density at radius 1 is 1.53 bits per heavy atom. The van der Waals surface area contributed by atoms with Crippen LogP contribution in [0.15, 0.2) is 24.3 Å². The van der Waals surface area contributed by atoms with Crippen LogP contribution in [0.5, 0.6) is 0 Å². The smallest absolute Gasteiger partial charge is 0.269 e. The standard InChI is InChI=1S/C13H17N3O3/c17-13(15-11-4-2-6-14-9-11)8-10-3-1-5-12(7-10)16(18)19/h1,3,5,7,11,14H,2,4,6,8-9H2,(H,15,17)/t11-/m0/s1. The van der Waals surface area contributed by atoms with E-state index in [2.05, 4.69) is 10.6 Å². The van der Waals surface area contributed by atoms with Crippen LogP contribution in [-0.2, 0) is 11.2 Å². The Morgan fingerprint density at radius 3 is 3.05 bits per heavy atom. The molecule has 19 heavy (non-hydrogen) atoms. The van der Waals surface area contributed by atoms with Gasteiger partial charge in [0.05, 0.1) is 11.3 Å². The fourth-order valence-electron chi connectivity index (χ4n) is 2.22. The largest absolute Gasteiger partial charge is 0.352 e. The van der Waals surface area contributed by atoms with Gasteiger partial charge in [-0.25, -0.2) is 0 Å². The van der Waals surface area contributed by atoms with Crippen LogP contribution in [0.1, 0.15) is 18.4 Å². The first-order valence-electron chi connectivity index (χ1n) is 6.38. The van der Waals surface area contributed by atoms with Crippen LogP contribution in [0.4, 0.5) is 5.69 Å². The van der Waals surface area contributed by atoms with Crippen molar-refractivity contribution in [3.63, 3.8) is 0 Å². The van der Waals surface area contributed by atoms with Crippen molar-refractivity contribution in [1.29, 1.82) is 0 Å². The predicted octanol–water partition coefficient (Wildman–Crippen LogP) is 1.01. The van der Waals surface area contributed by atoms with Crippen LogP contribution in [-0.4, -0.2) is 30.0 Å². The first kappa shape index (κ1) is 13.5. The number of hydrogen-bond acceptors (Lipinski definition) is 4. The lowest BCUT2D eigenvalue weighted by atomic mass is 10.1. The highest BCUT2D eigenvalue weighted by Gasteiger charge is 2.16. The molecule has 0 radical (unpaired) electrons. The van der Waals surface area contributed by atoms with E-state index in [9.17, 15) is 14.9 Å². The first-order valence-corrected chi connectivity index (χ1v) is 6.38. The van der Waals surface area contributed by atoms with E-state index in [-0.39, 0.29) is 24.1 Å². The molecule has 1 atom stereocenters. The Kier molecular flexibility index (Phi) is 4.46. The zero-order chi connectivity index (χ0) is 13.7. The average Bonchev–Trinajstić information content (AvgIpc) is 2.40. The van der Waals surface area contributed by atoms with E-state index >= 15 is 0 Å². The molecule has 1 aromatic carbocycles. The topological polar surface area (TPSA) is 84.3 Å². The fraction of sp³-hybridized carbons (Fsp3) is 0.462. The highest BCUT2D eigenvalue weighted by Crippen LogP contribution is 2.13. The second-order valence-corrected chi connectivity index (χ2v) is 4.71. The minimum Gasteiger partial charge on any atom is -0.352 e. The van der Waals surface area contributed by atoms with Crippen molar-refractivity contribution in [2.45, 2.75) is 25.3 Å². The molecule has 6 nitrogen and oxygen atoms in total. The molecule has 0 unspecified atom stereocenters. The van der Waals surface area contributed by atoms with Gasteiger partial charge in [-0.2, -0.15) is 0 Å². The van der Waals surface area contributed by atoms with E-state index in [1.165, 1.54) is 12.1 Å². The summed E-state index contributed by atoms with van der Waals surface area (Å²) in [6, 6.07) is 6.36. The molecule has 0 saturated carbocycles. The summed E-state index contributed by atoms with van der Waals surface area (Å²) in [7, 11) is 0. The fourth-order valence-corrected chi connectivity index (χ4v) is 2.22. The van der Waals surface area contributed by atoms with Gasteiger partial charge in [0.15, 0.2) is 0 Å². The van der Waals surface area contributed by atoms with Crippen molar-refractivity contribution >= 4 is 11.6 Å². The highest BCUT2D eigenvalue weighted by molar-refractivity contribution is 5.79. The highest BCUT2D eigenvalue weighted by atomic mass is 16.6. The molecule has 2 rings (SSSR count). The number of nitro groups is 1. The number of nitrogens with one attached hydrogen (secondary N) is 2. The maximum atomic E-state index is 11.9. The van der Waals surface area contributed by atoms with Crippen LogP contribution in [0, 0.1) is 10.1 Å². The molecule has 0 aliphatic carbocycles. The quantitative estimate of drug-likeness (QED) is 0.627. The van der Waals surface area contributed by atoms with Crippen molar-refractivity contribution in [3.8, 4) is 0 Å². The second kappa shape index (κ2) is 6.29. The number of nitrogens with zero attached hydrogens (tertiary/aromatic N) is 1. The lowest BCUT2D eigenvalue weighted by molar-refractivity contribution is -0.384. The molecule has 0 bridgehead atoms. The third-order valence-corrected chi connectivity index (χ3v) is 3.15. The third kappa shape index (κ3) is 4.03. The van der Waals surface area contributed by atoms with Gasteiger partial charge in [-0.3, -0.25) is 14.9 Å². The van der Waals surface area contributed by atoms with E-state index in [1.807, 2.05) is 0 Å². The number of amides is 1. The molecule has 1 fully saturated rings.